The van der Waals surface area contributed by atoms with Gasteiger partial charge >= 0.3 is 0 Å². The van der Waals surface area contributed by atoms with Crippen molar-refractivity contribution in [3.05, 3.63) is 0 Å². The Kier molecular flexibility index (Phi) is 3.46. The fraction of sp³-hybridized carbons (Fsp3) is 0.778. The monoisotopic (exact) mass is 199 g/mol. The third-order valence-corrected chi connectivity index (χ3v) is 2.87. The van der Waals surface area contributed by atoms with Gasteiger partial charge in [0.25, 0.3) is 0 Å². The lowest BCUT2D eigenvalue weighted by Crippen LogP contribution is -2.51. The molecule has 0 spiro atoms. The van der Waals surface area contributed by atoms with Gasteiger partial charge in [-0.3, -0.25) is 15.0 Å². The third kappa shape index (κ3) is 2.04. The van der Waals surface area contributed by atoms with Crippen LogP contribution >= 0.6 is 0 Å². The Morgan fingerprint density at radius 3 is 2.64 bits per heavy atom. The molecule has 5 heteroatoms. The number of nitrogens with two attached hydrogens (primary N) is 1. The van der Waals surface area contributed by atoms with Crippen LogP contribution in [0.25, 0.3) is 0 Å². The van der Waals surface area contributed by atoms with Crippen molar-refractivity contribution in [3.63, 3.8) is 0 Å². The average molecular weight is 199 g/mol. The molecular weight excluding hydrogens is 182 g/mol. The second kappa shape index (κ2) is 4.41. The SMILES string of the molecule is CC(=O)N1CCC[C@@H](C(=O)NN)[C@H]1C. The molecule has 1 aliphatic rings. The summed E-state index contributed by atoms with van der Waals surface area (Å²) in [6.07, 6.45) is 1.66. The minimum absolute atomic E-state index is 0.0204. The molecule has 0 aromatic rings. The second-order valence-corrected chi connectivity index (χ2v) is 3.71. The highest BCUT2D eigenvalue weighted by molar-refractivity contribution is 5.80. The van der Waals surface area contributed by atoms with Gasteiger partial charge in [0.2, 0.25) is 11.8 Å². The first kappa shape index (κ1) is 11.0. The van der Waals surface area contributed by atoms with Gasteiger partial charge in [0.15, 0.2) is 0 Å². The largest absolute Gasteiger partial charge is 0.339 e. The highest BCUT2D eigenvalue weighted by Crippen LogP contribution is 2.23. The van der Waals surface area contributed by atoms with E-state index in [0.717, 1.165) is 19.4 Å². The van der Waals surface area contributed by atoms with Gasteiger partial charge in [0.05, 0.1) is 5.92 Å². The molecule has 0 unspecified atom stereocenters. The van der Waals surface area contributed by atoms with Gasteiger partial charge in [-0.25, -0.2) is 5.84 Å². The molecule has 1 fully saturated rings. The molecule has 0 aromatic heterocycles. The topological polar surface area (TPSA) is 75.4 Å². The number of nitrogens with one attached hydrogen (secondary N) is 1. The Labute approximate surface area is 83.6 Å². The maximum Gasteiger partial charge on any atom is 0.239 e. The Bertz CT molecular complexity index is 242. The molecule has 2 amide bonds. The first-order chi connectivity index (χ1) is 6.57. The smallest absolute Gasteiger partial charge is 0.239 e. The van der Waals surface area contributed by atoms with Gasteiger partial charge in [0.1, 0.15) is 0 Å². The Morgan fingerprint density at radius 1 is 1.50 bits per heavy atom. The summed E-state index contributed by atoms with van der Waals surface area (Å²) in [5.41, 5.74) is 2.15. The fourth-order valence-electron chi connectivity index (χ4n) is 2.05. The van der Waals surface area contributed by atoms with Crippen molar-refractivity contribution in [1.29, 1.82) is 0 Å². The summed E-state index contributed by atoms with van der Waals surface area (Å²) in [7, 11) is 0. The van der Waals surface area contributed by atoms with E-state index >= 15 is 0 Å². The van der Waals surface area contributed by atoms with Crippen molar-refractivity contribution in [2.75, 3.05) is 6.54 Å². The number of carbonyl (C=O) groups excluding carboxylic acids is 2. The number of piperidine rings is 1. The van der Waals surface area contributed by atoms with Gasteiger partial charge in [-0.1, -0.05) is 0 Å². The van der Waals surface area contributed by atoms with Crippen molar-refractivity contribution in [3.8, 4) is 0 Å². The number of hydrogen-bond donors (Lipinski definition) is 2. The molecule has 0 saturated carbocycles. The quantitative estimate of drug-likeness (QED) is 0.343. The summed E-state index contributed by atoms with van der Waals surface area (Å²) in [5.74, 6) is 4.76. The first-order valence-electron chi connectivity index (χ1n) is 4.85. The Morgan fingerprint density at radius 2 is 2.14 bits per heavy atom. The predicted octanol–water partition coefficient (Wildman–Crippen LogP) is -0.377. The first-order valence-corrected chi connectivity index (χ1v) is 4.85. The summed E-state index contributed by atoms with van der Waals surface area (Å²) in [6, 6.07) is -0.0511. The third-order valence-electron chi connectivity index (χ3n) is 2.87. The van der Waals surface area contributed by atoms with Crippen LogP contribution in [0.2, 0.25) is 0 Å². The second-order valence-electron chi connectivity index (χ2n) is 3.71. The van der Waals surface area contributed by atoms with Crippen molar-refractivity contribution in [2.24, 2.45) is 11.8 Å². The predicted molar refractivity (Wildman–Crippen MR) is 51.9 cm³/mol. The van der Waals surface area contributed by atoms with Gasteiger partial charge in [-0.05, 0) is 19.8 Å². The molecular formula is C9H17N3O2. The summed E-state index contributed by atoms with van der Waals surface area (Å²) in [5, 5.41) is 0. The van der Waals surface area contributed by atoms with Crippen LogP contribution in [0.5, 0.6) is 0 Å². The number of rotatable bonds is 1. The van der Waals surface area contributed by atoms with E-state index in [-0.39, 0.29) is 23.8 Å². The lowest BCUT2D eigenvalue weighted by molar-refractivity contribution is -0.137. The van der Waals surface area contributed by atoms with Crippen LogP contribution in [0.4, 0.5) is 0 Å². The van der Waals surface area contributed by atoms with Crippen LogP contribution in [0, 0.1) is 5.92 Å². The van der Waals surface area contributed by atoms with Crippen LogP contribution < -0.4 is 11.3 Å². The van der Waals surface area contributed by atoms with Crippen molar-refractivity contribution < 1.29 is 9.59 Å². The Balaban J connectivity index is 2.70. The minimum atomic E-state index is -0.177. The molecule has 1 rings (SSSR count). The van der Waals surface area contributed by atoms with Crippen molar-refractivity contribution in [2.45, 2.75) is 32.7 Å². The van der Waals surface area contributed by atoms with Crippen molar-refractivity contribution >= 4 is 11.8 Å². The zero-order valence-electron chi connectivity index (χ0n) is 8.62. The summed E-state index contributed by atoms with van der Waals surface area (Å²) >= 11 is 0. The van der Waals surface area contributed by atoms with E-state index in [1.54, 1.807) is 4.90 Å². The highest BCUT2D eigenvalue weighted by Gasteiger charge is 2.33. The summed E-state index contributed by atoms with van der Waals surface area (Å²) in [6.45, 7) is 4.16. The van der Waals surface area contributed by atoms with Gasteiger partial charge in [-0.15, -0.1) is 0 Å². The number of likely N-dealkylation sites (tertiary alicyclic amines) is 1. The number of nitrogens with zero attached hydrogens (tertiary/aromatic N) is 1. The molecule has 2 atom stereocenters. The summed E-state index contributed by atoms with van der Waals surface area (Å²) in [4.78, 5) is 24.3. The molecule has 80 valence electrons. The molecule has 1 saturated heterocycles. The van der Waals surface area contributed by atoms with Gasteiger partial charge in [0, 0.05) is 19.5 Å². The van der Waals surface area contributed by atoms with Crippen LogP contribution in [0.1, 0.15) is 26.7 Å². The zero-order valence-corrected chi connectivity index (χ0v) is 8.62. The maximum absolute atomic E-state index is 11.4. The number of amides is 2. The van der Waals surface area contributed by atoms with Crippen LogP contribution in [-0.4, -0.2) is 29.3 Å². The minimum Gasteiger partial charge on any atom is -0.339 e. The van der Waals surface area contributed by atoms with E-state index in [1.165, 1.54) is 6.92 Å². The van der Waals surface area contributed by atoms with Crippen LogP contribution in [0.15, 0.2) is 0 Å². The molecule has 14 heavy (non-hydrogen) atoms. The zero-order chi connectivity index (χ0) is 10.7. The van der Waals surface area contributed by atoms with E-state index in [4.69, 9.17) is 5.84 Å². The van der Waals surface area contributed by atoms with E-state index in [1.807, 2.05) is 6.92 Å². The highest BCUT2D eigenvalue weighted by atomic mass is 16.2. The van der Waals surface area contributed by atoms with Crippen LogP contribution in [-0.2, 0) is 9.59 Å². The van der Waals surface area contributed by atoms with E-state index in [2.05, 4.69) is 5.43 Å². The molecule has 0 radical (unpaired) electrons. The average Bonchev–Trinajstić information content (AvgIpc) is 2.16. The van der Waals surface area contributed by atoms with E-state index in [9.17, 15) is 9.59 Å². The normalized spacial score (nSPS) is 27.2. The molecule has 0 bridgehead atoms. The van der Waals surface area contributed by atoms with Gasteiger partial charge < -0.3 is 4.90 Å². The van der Waals surface area contributed by atoms with Gasteiger partial charge in [-0.2, -0.15) is 0 Å². The summed E-state index contributed by atoms with van der Waals surface area (Å²) < 4.78 is 0. The molecule has 1 heterocycles. The molecule has 3 N–H and O–H groups in total. The standard InChI is InChI=1S/C9H17N3O2/c1-6-8(9(14)11-10)4-3-5-12(6)7(2)13/h6,8H,3-5,10H2,1-2H3,(H,11,14)/t6-,8-/m1/s1. The number of hydrazine groups is 1. The van der Waals surface area contributed by atoms with Crippen LogP contribution in [0.3, 0.4) is 0 Å². The maximum atomic E-state index is 11.4. The molecule has 0 aliphatic carbocycles. The van der Waals surface area contributed by atoms with E-state index in [0.29, 0.717) is 0 Å². The van der Waals surface area contributed by atoms with E-state index < -0.39 is 0 Å². The fourth-order valence-corrected chi connectivity index (χ4v) is 2.05. The molecule has 5 nitrogen and oxygen atoms in total. The lowest BCUT2D eigenvalue weighted by Gasteiger charge is -2.37. The number of hydrogen-bond acceptors (Lipinski definition) is 3. The molecule has 0 aromatic carbocycles. The van der Waals surface area contributed by atoms with Crippen molar-refractivity contribution in [1.82, 2.24) is 10.3 Å². The molecule has 1 aliphatic heterocycles. The lowest BCUT2D eigenvalue weighted by atomic mass is 9.89. The Hall–Kier alpha value is -1.10. The number of carbonyl (C=O) groups is 2.